The number of carbonyl (C=O) groups excluding carboxylic acids is 1. The molecule has 13 aliphatic rings. The number of Topliss-reactive ketones (excluding diaryl/α,β-unsaturated/α-hetero) is 1. The molecule has 384 valence electrons. The molecule has 16 rings (SSSR count). The molecule has 0 aromatic heterocycles. The van der Waals surface area contributed by atoms with Gasteiger partial charge in [0, 0.05) is 70.4 Å². The van der Waals surface area contributed by atoms with Crippen LogP contribution >= 0.6 is 0 Å². The predicted molar refractivity (Wildman–Crippen MR) is 259 cm³/mol. The number of piperidine rings is 3. The van der Waals surface area contributed by atoms with E-state index in [9.17, 15) is 35.4 Å². The van der Waals surface area contributed by atoms with Crippen LogP contribution in [0, 0.1) is 17.8 Å². The maximum atomic E-state index is 12.7. The lowest BCUT2D eigenvalue weighted by atomic mass is 9.49. The molecule has 6 bridgehead atoms. The molecule has 3 aromatic carbocycles. The molecule has 5 fully saturated rings. The number of hydrogen-bond acceptors (Lipinski definition) is 15. The van der Waals surface area contributed by atoms with Gasteiger partial charge in [-0.25, -0.2) is 0 Å². The SMILES string of the molecule is CN1CC[C@@]23c4c5ccc(O)c4OC2[C@H](O)C=C[C@@H]3[C@@H]1C5.CN1CC[C@@]23c4c5ccc(O)c4OC2[C@H](O)C=C[C@@H]3[C@@H]1C5.O=C1CC[C@@]2(O)[C@H]3Cc4ccc(O)c5c4[C@@]2(CCN3CC2CC2)[C@H]1O5.O=S(=O)(O)O. The molecule has 3 aromatic rings. The number of rotatable bonds is 2. The van der Waals surface area contributed by atoms with Crippen LogP contribution in [0.3, 0.4) is 0 Å². The average Bonchev–Trinajstić information content (AvgIpc) is 3.81. The highest BCUT2D eigenvalue weighted by Gasteiger charge is 2.73. The van der Waals surface area contributed by atoms with Gasteiger partial charge in [-0.05, 0) is 132 Å². The van der Waals surface area contributed by atoms with Crippen LogP contribution in [-0.2, 0) is 50.7 Å². The van der Waals surface area contributed by atoms with Crippen molar-refractivity contribution >= 4 is 16.2 Å². The standard InChI is InChI=1S/C20H23NO4.2C17H19NO3.H2O4S/c22-13-4-3-12-9-15-20(24)6-5-14(23)18-19(20,16(12)17(13)25-18)7-8-21(15)10-11-1-2-11;2*1-18-7-6-17-10-3-5-13(20)16(17)21-15-12(19)4-2-9(14(15)17)8-11(10)18;1-5(2,3)4/h3-4,11,15,18,22,24H,1-2,5-10H2;2*2-5,10-11,13,16,19-20H,6-8H2,1H3;(H2,1,2,3,4)/t15-,18+,19+,20-;2*10-,11+,13-,16?,17-;/m111./s1. The fourth-order valence-corrected chi connectivity index (χ4v) is 16.7. The van der Waals surface area contributed by atoms with Crippen LogP contribution in [0.4, 0.5) is 0 Å². The maximum absolute atomic E-state index is 12.7. The van der Waals surface area contributed by atoms with Gasteiger partial charge in [-0.3, -0.25) is 18.8 Å². The quantitative estimate of drug-likeness (QED) is 0.136. The number of aliphatic hydroxyl groups excluding tert-OH is 2. The second kappa shape index (κ2) is 15.9. The predicted octanol–water partition coefficient (Wildman–Crippen LogP) is 3.27. The molecule has 8 N–H and O–H groups in total. The lowest BCUT2D eigenvalue weighted by Gasteiger charge is -2.62. The van der Waals surface area contributed by atoms with Crippen LogP contribution in [0.25, 0.3) is 0 Å². The van der Waals surface area contributed by atoms with Crippen molar-refractivity contribution in [2.45, 2.75) is 135 Å². The molecule has 18 heteroatoms. The Balaban J connectivity index is 0.000000101. The number of ether oxygens (including phenoxy) is 3. The molecular formula is C54H63N3O14S. The maximum Gasteiger partial charge on any atom is 0.394 e. The van der Waals surface area contributed by atoms with E-state index in [0.29, 0.717) is 54.0 Å². The highest BCUT2D eigenvalue weighted by atomic mass is 32.3. The first-order chi connectivity index (χ1) is 34.3. The van der Waals surface area contributed by atoms with E-state index in [-0.39, 0.29) is 52.1 Å². The molecule has 72 heavy (non-hydrogen) atoms. The normalized spacial score (nSPS) is 40.0. The molecule has 0 radical (unpaired) electrons. The Kier molecular flexibility index (Phi) is 10.4. The number of carbonyl (C=O) groups is 1. The second-order valence-electron chi connectivity index (χ2n) is 23.0. The summed E-state index contributed by atoms with van der Waals surface area (Å²) < 4.78 is 49.8. The fraction of sp³-hybridized carbons (Fsp3) is 0.574. The molecule has 7 aliphatic carbocycles. The van der Waals surface area contributed by atoms with Gasteiger partial charge in [0.25, 0.3) is 0 Å². The summed E-state index contributed by atoms with van der Waals surface area (Å²) in [4.78, 5) is 20.1. The van der Waals surface area contributed by atoms with Gasteiger partial charge in [0.1, 0.15) is 24.4 Å². The minimum atomic E-state index is -4.67. The molecule has 14 atom stereocenters. The van der Waals surface area contributed by atoms with Gasteiger partial charge in [-0.1, -0.05) is 42.5 Å². The Morgan fingerprint density at radius 2 is 1.11 bits per heavy atom. The van der Waals surface area contributed by atoms with Crippen LogP contribution in [-0.4, -0.2) is 163 Å². The summed E-state index contributed by atoms with van der Waals surface area (Å²) in [5.41, 5.74) is 5.03. The summed E-state index contributed by atoms with van der Waals surface area (Å²) in [7, 11) is -0.291. The van der Waals surface area contributed by atoms with E-state index < -0.39 is 39.7 Å². The largest absolute Gasteiger partial charge is 0.504 e. The van der Waals surface area contributed by atoms with Gasteiger partial charge in [0.05, 0.1) is 11.0 Å². The van der Waals surface area contributed by atoms with Crippen LogP contribution < -0.4 is 14.2 Å². The number of hydrogen-bond donors (Lipinski definition) is 8. The van der Waals surface area contributed by atoms with Crippen molar-refractivity contribution in [3.63, 3.8) is 0 Å². The molecular weight excluding hydrogens is 947 g/mol. The van der Waals surface area contributed by atoms with Gasteiger partial charge in [0.15, 0.2) is 46.4 Å². The van der Waals surface area contributed by atoms with Gasteiger partial charge in [0.2, 0.25) is 0 Å². The van der Waals surface area contributed by atoms with Gasteiger partial charge in [-0.2, -0.15) is 8.42 Å². The number of aliphatic hydroxyl groups is 3. The number of phenols is 3. The zero-order valence-corrected chi connectivity index (χ0v) is 41.1. The van der Waals surface area contributed by atoms with Gasteiger partial charge < -0.3 is 54.6 Å². The van der Waals surface area contributed by atoms with E-state index in [0.717, 1.165) is 81.7 Å². The summed E-state index contributed by atoms with van der Waals surface area (Å²) in [5, 5.41) is 63.6. The van der Waals surface area contributed by atoms with Crippen LogP contribution in [0.15, 0.2) is 60.7 Å². The van der Waals surface area contributed by atoms with Crippen molar-refractivity contribution in [1.82, 2.24) is 14.7 Å². The highest BCUT2D eigenvalue weighted by Crippen LogP contribution is 2.66. The molecule has 2 unspecified atom stereocenters. The molecule has 2 saturated carbocycles. The molecule has 6 aliphatic heterocycles. The van der Waals surface area contributed by atoms with Crippen LogP contribution in [0.2, 0.25) is 0 Å². The number of likely N-dealkylation sites (tertiary alicyclic amines) is 3. The summed E-state index contributed by atoms with van der Waals surface area (Å²) in [6.07, 6.45) is 14.7. The molecule has 6 heterocycles. The molecule has 0 amide bonds. The average molecular weight is 1010 g/mol. The Hall–Kier alpha value is -4.76. The van der Waals surface area contributed by atoms with Crippen molar-refractivity contribution in [3.05, 3.63) is 94.1 Å². The first-order valence-electron chi connectivity index (χ1n) is 25.7. The minimum Gasteiger partial charge on any atom is -0.504 e. The van der Waals surface area contributed by atoms with E-state index in [2.05, 4.69) is 40.9 Å². The zero-order chi connectivity index (χ0) is 50.2. The first kappa shape index (κ1) is 47.0. The summed E-state index contributed by atoms with van der Waals surface area (Å²) >= 11 is 0. The Morgan fingerprint density at radius 1 is 0.639 bits per heavy atom. The number of ketones is 1. The summed E-state index contributed by atoms with van der Waals surface area (Å²) in [6, 6.07) is 12.1. The van der Waals surface area contributed by atoms with E-state index in [1.807, 2.05) is 30.4 Å². The van der Waals surface area contributed by atoms with Crippen LogP contribution in [0.1, 0.15) is 78.3 Å². The van der Waals surface area contributed by atoms with Gasteiger partial charge in [-0.15, -0.1) is 0 Å². The lowest BCUT2D eigenvalue weighted by molar-refractivity contribution is -0.188. The van der Waals surface area contributed by atoms with E-state index in [1.54, 1.807) is 18.2 Å². The Labute approximate surface area is 417 Å². The van der Waals surface area contributed by atoms with E-state index in [1.165, 1.54) is 35.1 Å². The van der Waals surface area contributed by atoms with Crippen molar-refractivity contribution in [1.29, 1.82) is 0 Å². The number of aromatic hydroxyl groups is 3. The Bertz CT molecular complexity index is 2860. The summed E-state index contributed by atoms with van der Waals surface area (Å²) in [5.74, 6) is 3.77. The van der Waals surface area contributed by atoms with E-state index >= 15 is 0 Å². The number of likely N-dealkylation sites (N-methyl/N-ethyl adjacent to an activating group) is 2. The highest BCUT2D eigenvalue weighted by molar-refractivity contribution is 7.79. The molecule has 17 nitrogen and oxygen atoms in total. The third-order valence-electron chi connectivity index (χ3n) is 19.9. The third kappa shape index (κ3) is 6.33. The third-order valence-corrected chi connectivity index (χ3v) is 19.9. The zero-order valence-electron chi connectivity index (χ0n) is 40.3. The minimum absolute atomic E-state index is 0.0454. The van der Waals surface area contributed by atoms with Crippen molar-refractivity contribution in [2.24, 2.45) is 17.8 Å². The summed E-state index contributed by atoms with van der Waals surface area (Å²) in [6.45, 7) is 3.97. The number of nitrogens with zero attached hydrogens (tertiary/aromatic N) is 3. The van der Waals surface area contributed by atoms with Crippen LogP contribution in [0.5, 0.6) is 34.5 Å². The van der Waals surface area contributed by atoms with Crippen molar-refractivity contribution in [3.8, 4) is 34.5 Å². The smallest absolute Gasteiger partial charge is 0.394 e. The van der Waals surface area contributed by atoms with E-state index in [4.69, 9.17) is 31.7 Å². The number of phenolic OH excluding ortho intramolecular Hbond substituents is 3. The van der Waals surface area contributed by atoms with Crippen molar-refractivity contribution in [2.75, 3.05) is 40.3 Å². The molecule has 3 saturated heterocycles. The fourth-order valence-electron chi connectivity index (χ4n) is 16.7. The van der Waals surface area contributed by atoms with Crippen molar-refractivity contribution < 1.29 is 67.2 Å². The first-order valence-corrected chi connectivity index (χ1v) is 27.1. The molecule has 3 spiro atoms. The Morgan fingerprint density at radius 3 is 1.60 bits per heavy atom. The second-order valence-corrected chi connectivity index (χ2v) is 23.9. The topological polar surface area (TPSA) is 250 Å². The monoisotopic (exact) mass is 1010 g/mol. The number of benzene rings is 3. The lowest BCUT2D eigenvalue weighted by Crippen LogP contribution is -2.76. The van der Waals surface area contributed by atoms with Gasteiger partial charge >= 0.3 is 10.4 Å².